The molecule has 0 radical (unpaired) electrons. The van der Waals surface area contributed by atoms with Crippen LogP contribution in [0.4, 0.5) is 0 Å². The summed E-state index contributed by atoms with van der Waals surface area (Å²) in [5, 5.41) is 0. The lowest BCUT2D eigenvalue weighted by atomic mass is 10.9. The number of rotatable bonds is 0. The third kappa shape index (κ3) is 2.65. The van der Waals surface area contributed by atoms with Gasteiger partial charge in [0.25, 0.3) is 0 Å². The van der Waals surface area contributed by atoms with Crippen molar-refractivity contribution in [3.63, 3.8) is 0 Å². The predicted octanol–water partition coefficient (Wildman–Crippen LogP) is 0.809. The smallest absolute Gasteiger partial charge is 0.0943 e. The Labute approximate surface area is 53.6 Å². The van der Waals surface area contributed by atoms with Gasteiger partial charge in [-0.2, -0.15) is 0 Å². The summed E-state index contributed by atoms with van der Waals surface area (Å²) < 4.78 is 8.58. The van der Waals surface area contributed by atoms with Crippen LogP contribution in [0.5, 0.6) is 0 Å². The summed E-state index contributed by atoms with van der Waals surface area (Å²) in [6, 6.07) is 0. The Hall–Kier alpha value is -0.480. The summed E-state index contributed by atoms with van der Waals surface area (Å²) in [4.78, 5) is 3.78. The number of aromatic nitrogens is 2. The normalized spacial score (nSPS) is 7.38. The fourth-order valence-electron chi connectivity index (χ4n) is 0.326. The maximum Gasteiger partial charge on any atom is 0.0943 e. The van der Waals surface area contributed by atoms with E-state index in [4.69, 9.17) is 4.55 Å². The van der Waals surface area contributed by atoms with E-state index in [0.29, 0.717) is 0 Å². The van der Waals surface area contributed by atoms with E-state index in [0.717, 1.165) is 0 Å². The van der Waals surface area contributed by atoms with Crippen molar-refractivity contribution in [2.75, 3.05) is 0 Å². The monoisotopic (exact) mass is 132 g/mol. The van der Waals surface area contributed by atoms with Gasteiger partial charge in [-0.1, -0.05) is 0 Å². The highest BCUT2D eigenvalue weighted by molar-refractivity contribution is 7.74. The highest BCUT2D eigenvalue weighted by Gasteiger charge is 1.69. The number of nitrogens with zero attached hydrogens (tertiary/aromatic N) is 2. The largest absolute Gasteiger partial charge is 0.341 e. The highest BCUT2D eigenvalue weighted by atomic mass is 32.1. The minimum atomic E-state index is 1.75. The van der Waals surface area contributed by atoms with Gasteiger partial charge in [-0.25, -0.2) is 4.98 Å². The van der Waals surface area contributed by atoms with Crippen LogP contribution in [-0.4, -0.2) is 14.1 Å². The molecule has 0 aromatic carbocycles. The molecule has 1 aromatic rings. The van der Waals surface area contributed by atoms with Crippen LogP contribution < -0.4 is 0 Å². The van der Waals surface area contributed by atoms with Crippen LogP contribution in [0, 0.1) is 0 Å². The standard InChI is InChI=1S/C4H6N2.H2OS/c1-6-3-2-5-4-6;1-2/h2-4H,1H3;1-2H. The summed E-state index contributed by atoms with van der Waals surface area (Å²) >= 11 is 2.53. The number of hydrogen-bond donors (Lipinski definition) is 2. The first-order valence-corrected chi connectivity index (χ1v) is 2.41. The van der Waals surface area contributed by atoms with Crippen molar-refractivity contribution >= 4 is 12.9 Å². The first-order valence-electron chi connectivity index (χ1n) is 2.01. The van der Waals surface area contributed by atoms with Crippen molar-refractivity contribution in [3.8, 4) is 0 Å². The maximum atomic E-state index is 6.69. The molecule has 46 valence electrons. The zero-order chi connectivity index (χ0) is 6.41. The second-order valence-electron chi connectivity index (χ2n) is 1.23. The van der Waals surface area contributed by atoms with E-state index in [9.17, 15) is 0 Å². The Kier molecular flexibility index (Phi) is 4.39. The summed E-state index contributed by atoms with van der Waals surface area (Å²) in [7, 11) is 1.94. The van der Waals surface area contributed by atoms with E-state index >= 15 is 0 Å². The lowest BCUT2D eigenvalue weighted by Crippen LogP contribution is -1.76. The van der Waals surface area contributed by atoms with Crippen LogP contribution in [0.3, 0.4) is 0 Å². The fraction of sp³-hybridized carbons (Fsp3) is 0.250. The Bertz CT molecular complexity index is 118. The average molecular weight is 132 g/mol. The molecule has 0 spiro atoms. The van der Waals surface area contributed by atoms with Crippen molar-refractivity contribution in [1.29, 1.82) is 0 Å². The zero-order valence-corrected chi connectivity index (χ0v) is 5.42. The fourth-order valence-corrected chi connectivity index (χ4v) is 0.326. The molecule has 0 aliphatic rings. The highest BCUT2D eigenvalue weighted by Crippen LogP contribution is 1.73. The van der Waals surface area contributed by atoms with E-state index in [1.807, 2.05) is 17.8 Å². The number of imidazole rings is 1. The second-order valence-corrected chi connectivity index (χ2v) is 1.23. The predicted molar refractivity (Wildman–Crippen MR) is 34.8 cm³/mol. The zero-order valence-electron chi connectivity index (χ0n) is 4.52. The molecule has 0 aliphatic carbocycles. The Morgan fingerprint density at radius 3 is 2.38 bits per heavy atom. The van der Waals surface area contributed by atoms with E-state index in [-0.39, 0.29) is 0 Å². The lowest BCUT2D eigenvalue weighted by Gasteiger charge is -1.76. The summed E-state index contributed by atoms with van der Waals surface area (Å²) in [5.41, 5.74) is 0. The molecule has 0 saturated heterocycles. The molecule has 0 amide bonds. The molecule has 0 aliphatic heterocycles. The van der Waals surface area contributed by atoms with Gasteiger partial charge in [-0.3, -0.25) is 0 Å². The van der Waals surface area contributed by atoms with Crippen LogP contribution in [0.25, 0.3) is 0 Å². The molecule has 0 unspecified atom stereocenters. The second kappa shape index (κ2) is 4.67. The Morgan fingerprint density at radius 2 is 2.25 bits per heavy atom. The Morgan fingerprint density at radius 1 is 1.62 bits per heavy atom. The molecular formula is C4H8N2OS. The van der Waals surface area contributed by atoms with E-state index in [2.05, 4.69) is 17.9 Å². The first-order chi connectivity index (χ1) is 3.89. The summed E-state index contributed by atoms with van der Waals surface area (Å²) in [5.74, 6) is 0. The third-order valence-corrected chi connectivity index (χ3v) is 0.637. The number of hydrogen-bond acceptors (Lipinski definition) is 3. The SMILES string of the molecule is Cn1ccnc1.OS. The van der Waals surface area contributed by atoms with Gasteiger partial charge >= 0.3 is 0 Å². The van der Waals surface area contributed by atoms with E-state index in [1.54, 1.807) is 12.5 Å². The van der Waals surface area contributed by atoms with Gasteiger partial charge < -0.3 is 9.12 Å². The third-order valence-electron chi connectivity index (χ3n) is 0.637. The lowest BCUT2D eigenvalue weighted by molar-refractivity contribution is 0.679. The minimum Gasteiger partial charge on any atom is -0.341 e. The summed E-state index contributed by atoms with van der Waals surface area (Å²) in [6.45, 7) is 0. The van der Waals surface area contributed by atoms with Gasteiger partial charge in [0, 0.05) is 19.4 Å². The van der Waals surface area contributed by atoms with Crippen molar-refractivity contribution in [2.24, 2.45) is 7.05 Å². The topological polar surface area (TPSA) is 38.0 Å². The molecule has 0 saturated carbocycles. The van der Waals surface area contributed by atoms with E-state index in [1.165, 1.54) is 0 Å². The summed E-state index contributed by atoms with van der Waals surface area (Å²) in [6.07, 6.45) is 5.39. The molecule has 8 heavy (non-hydrogen) atoms. The molecule has 0 fully saturated rings. The Balaban J connectivity index is 0.000000222. The molecular weight excluding hydrogens is 124 g/mol. The van der Waals surface area contributed by atoms with Crippen LogP contribution >= 0.6 is 12.9 Å². The van der Waals surface area contributed by atoms with Crippen molar-refractivity contribution < 1.29 is 4.55 Å². The molecule has 3 nitrogen and oxygen atoms in total. The molecule has 1 heterocycles. The van der Waals surface area contributed by atoms with Gasteiger partial charge in [-0.15, -0.1) is 0 Å². The average Bonchev–Trinajstić information content (AvgIpc) is 2.24. The molecule has 0 atom stereocenters. The van der Waals surface area contributed by atoms with Crippen LogP contribution in [0.1, 0.15) is 0 Å². The maximum absolute atomic E-state index is 6.69. The van der Waals surface area contributed by atoms with Gasteiger partial charge in [-0.05, 0) is 12.9 Å². The number of aryl methyl sites for hydroxylation is 1. The van der Waals surface area contributed by atoms with Gasteiger partial charge in [0.2, 0.25) is 0 Å². The first kappa shape index (κ1) is 7.52. The van der Waals surface area contributed by atoms with E-state index < -0.39 is 0 Å². The molecule has 1 aromatic heterocycles. The van der Waals surface area contributed by atoms with Crippen molar-refractivity contribution in [1.82, 2.24) is 9.55 Å². The minimum absolute atomic E-state index is 1.75. The van der Waals surface area contributed by atoms with Gasteiger partial charge in [0.15, 0.2) is 0 Å². The molecule has 1 N–H and O–H groups in total. The molecule has 1 rings (SSSR count). The van der Waals surface area contributed by atoms with Gasteiger partial charge in [0.05, 0.1) is 6.33 Å². The van der Waals surface area contributed by atoms with Crippen molar-refractivity contribution in [3.05, 3.63) is 18.7 Å². The molecule has 0 bridgehead atoms. The quantitative estimate of drug-likeness (QED) is 0.405. The van der Waals surface area contributed by atoms with Crippen LogP contribution in [-0.2, 0) is 7.05 Å². The van der Waals surface area contributed by atoms with Crippen molar-refractivity contribution in [2.45, 2.75) is 0 Å². The van der Waals surface area contributed by atoms with Crippen LogP contribution in [0.2, 0.25) is 0 Å². The molecule has 4 heteroatoms. The number of thiol groups is 1. The van der Waals surface area contributed by atoms with Gasteiger partial charge in [0.1, 0.15) is 0 Å². The van der Waals surface area contributed by atoms with Crippen LogP contribution in [0.15, 0.2) is 18.7 Å².